The lowest BCUT2D eigenvalue weighted by molar-refractivity contribution is -0.0690. The van der Waals surface area contributed by atoms with Crippen molar-refractivity contribution in [3.63, 3.8) is 0 Å². The summed E-state index contributed by atoms with van der Waals surface area (Å²) < 4.78 is 66.7. The Morgan fingerprint density at radius 2 is 1.68 bits per heavy atom. The number of hydrogen-bond donors (Lipinski definition) is 0. The Balaban J connectivity index is 2.25. The normalized spacial score (nSPS) is 21.2. The smallest absolute Gasteiger partial charge is 0.437 e. The third-order valence-electron chi connectivity index (χ3n) is 3.80. The third kappa shape index (κ3) is 3.20. The van der Waals surface area contributed by atoms with Crippen LogP contribution in [0.3, 0.4) is 0 Å². The number of nitrogens with zero attached hydrogens (tertiary/aromatic N) is 1. The molecule has 1 fully saturated rings. The summed E-state index contributed by atoms with van der Waals surface area (Å²) in [4.78, 5) is 3.42. The van der Waals surface area contributed by atoms with Gasteiger partial charge in [0.05, 0.1) is 17.4 Å². The standard InChI is InChI=1S/C13H16BF4NO3/c1-12(2)13(3,4)22-14(21-12)7-5-9(19-6-8(7)15)20-11(18)10(16)17/h5-6,10-11H,1-4H3. The zero-order valence-electron chi connectivity index (χ0n) is 12.6. The Hall–Kier alpha value is -1.35. The summed E-state index contributed by atoms with van der Waals surface area (Å²) in [6.45, 7) is 7.10. The van der Waals surface area contributed by atoms with Gasteiger partial charge in [0.2, 0.25) is 5.88 Å². The minimum atomic E-state index is -3.33. The Labute approximate surface area is 125 Å². The zero-order chi connectivity index (χ0) is 16.7. The molecule has 0 radical (unpaired) electrons. The van der Waals surface area contributed by atoms with E-state index in [9.17, 15) is 17.6 Å². The molecule has 1 aliphatic heterocycles. The monoisotopic (exact) mass is 321 g/mol. The van der Waals surface area contributed by atoms with Crippen molar-refractivity contribution >= 4 is 12.6 Å². The molecule has 122 valence electrons. The Bertz CT molecular complexity index is 540. The van der Waals surface area contributed by atoms with Gasteiger partial charge < -0.3 is 14.0 Å². The lowest BCUT2D eigenvalue weighted by atomic mass is 9.79. The van der Waals surface area contributed by atoms with Gasteiger partial charge in [0.15, 0.2) is 0 Å². The second-order valence-corrected chi connectivity index (χ2v) is 5.94. The van der Waals surface area contributed by atoms with E-state index in [1.807, 2.05) is 0 Å². The average Bonchev–Trinajstić information content (AvgIpc) is 2.60. The average molecular weight is 321 g/mol. The molecule has 2 rings (SSSR count). The van der Waals surface area contributed by atoms with Crippen LogP contribution in [0.25, 0.3) is 0 Å². The van der Waals surface area contributed by atoms with Crippen LogP contribution in [0.15, 0.2) is 12.3 Å². The molecule has 0 aromatic carbocycles. The molecule has 9 heteroatoms. The maximum atomic E-state index is 13.9. The van der Waals surface area contributed by atoms with Crippen molar-refractivity contribution in [2.75, 3.05) is 0 Å². The van der Waals surface area contributed by atoms with Crippen LogP contribution in [-0.4, -0.2) is 36.1 Å². The van der Waals surface area contributed by atoms with E-state index in [1.54, 1.807) is 27.7 Å². The lowest BCUT2D eigenvalue weighted by Crippen LogP contribution is -2.41. The van der Waals surface area contributed by atoms with Crippen molar-refractivity contribution in [2.24, 2.45) is 0 Å². The molecule has 0 amide bonds. The first-order valence-electron chi connectivity index (χ1n) is 6.63. The molecule has 22 heavy (non-hydrogen) atoms. The van der Waals surface area contributed by atoms with E-state index in [-0.39, 0.29) is 5.46 Å². The quantitative estimate of drug-likeness (QED) is 0.631. The molecule has 2 heterocycles. The van der Waals surface area contributed by atoms with Gasteiger partial charge in [-0.2, -0.15) is 4.39 Å². The molecule has 1 aromatic heterocycles. The summed E-state index contributed by atoms with van der Waals surface area (Å²) in [5.41, 5.74) is -1.51. The summed E-state index contributed by atoms with van der Waals surface area (Å²) in [6, 6.07) is 0.992. The number of aromatic nitrogens is 1. The molecular weight excluding hydrogens is 305 g/mol. The van der Waals surface area contributed by atoms with Crippen LogP contribution in [0.5, 0.6) is 5.88 Å². The molecule has 0 spiro atoms. The van der Waals surface area contributed by atoms with Crippen LogP contribution in [-0.2, 0) is 9.31 Å². The molecule has 0 bridgehead atoms. The summed E-state index contributed by atoms with van der Waals surface area (Å²) in [5, 5.41) is 0. The molecule has 1 aromatic rings. The largest absolute Gasteiger partial charge is 0.498 e. The van der Waals surface area contributed by atoms with Gasteiger partial charge in [0.25, 0.3) is 6.36 Å². The van der Waals surface area contributed by atoms with Gasteiger partial charge in [0, 0.05) is 11.5 Å². The molecular formula is C13H16BF4NO3. The highest BCUT2D eigenvalue weighted by atomic mass is 19.3. The van der Waals surface area contributed by atoms with Crippen LogP contribution < -0.4 is 10.2 Å². The van der Waals surface area contributed by atoms with Crippen molar-refractivity contribution in [1.82, 2.24) is 4.98 Å². The molecule has 1 atom stereocenters. The maximum Gasteiger partial charge on any atom is 0.498 e. The van der Waals surface area contributed by atoms with Crippen LogP contribution in [0.4, 0.5) is 17.6 Å². The summed E-state index contributed by atoms with van der Waals surface area (Å²) in [5.74, 6) is -1.24. The fourth-order valence-electron chi connectivity index (χ4n) is 1.82. The second kappa shape index (κ2) is 5.70. The molecule has 1 unspecified atom stereocenters. The fourth-order valence-corrected chi connectivity index (χ4v) is 1.82. The fraction of sp³-hybridized carbons (Fsp3) is 0.615. The van der Waals surface area contributed by atoms with E-state index < -0.39 is 42.8 Å². The van der Waals surface area contributed by atoms with Gasteiger partial charge in [-0.1, -0.05) is 0 Å². The van der Waals surface area contributed by atoms with Crippen LogP contribution in [0.2, 0.25) is 0 Å². The van der Waals surface area contributed by atoms with Crippen LogP contribution in [0.1, 0.15) is 27.7 Å². The van der Waals surface area contributed by atoms with Crippen molar-refractivity contribution in [2.45, 2.75) is 51.7 Å². The van der Waals surface area contributed by atoms with Gasteiger partial charge in [-0.15, -0.1) is 0 Å². The van der Waals surface area contributed by atoms with Crippen LogP contribution >= 0.6 is 0 Å². The van der Waals surface area contributed by atoms with E-state index in [0.717, 1.165) is 12.3 Å². The first kappa shape index (κ1) is 17.0. The van der Waals surface area contributed by atoms with E-state index >= 15 is 0 Å². The number of pyridine rings is 1. The van der Waals surface area contributed by atoms with Gasteiger partial charge in [-0.3, -0.25) is 0 Å². The Morgan fingerprint density at radius 1 is 1.14 bits per heavy atom. The van der Waals surface area contributed by atoms with Crippen molar-refractivity contribution in [3.8, 4) is 5.88 Å². The minimum absolute atomic E-state index is 0.0925. The van der Waals surface area contributed by atoms with Crippen LogP contribution in [0, 0.1) is 5.82 Å². The minimum Gasteiger partial charge on any atom is -0.437 e. The molecule has 1 saturated heterocycles. The van der Waals surface area contributed by atoms with E-state index in [1.165, 1.54) is 0 Å². The van der Waals surface area contributed by atoms with Gasteiger partial charge in [0.1, 0.15) is 5.82 Å². The molecule has 0 N–H and O–H groups in total. The first-order valence-corrected chi connectivity index (χ1v) is 6.63. The predicted molar refractivity (Wildman–Crippen MR) is 71.4 cm³/mol. The maximum absolute atomic E-state index is 13.9. The van der Waals surface area contributed by atoms with Gasteiger partial charge in [-0.25, -0.2) is 18.2 Å². The first-order chi connectivity index (χ1) is 10.0. The Kier molecular flexibility index (Phi) is 4.41. The van der Waals surface area contributed by atoms with E-state index in [0.29, 0.717) is 0 Å². The van der Waals surface area contributed by atoms with Gasteiger partial charge in [-0.05, 0) is 27.7 Å². The van der Waals surface area contributed by atoms with Crippen molar-refractivity contribution in [3.05, 3.63) is 18.1 Å². The Morgan fingerprint density at radius 3 is 2.18 bits per heavy atom. The van der Waals surface area contributed by atoms with E-state index in [4.69, 9.17) is 9.31 Å². The summed E-state index contributed by atoms with van der Waals surface area (Å²) in [6.07, 6.45) is -5.43. The summed E-state index contributed by atoms with van der Waals surface area (Å²) in [7, 11) is -1.07. The lowest BCUT2D eigenvalue weighted by Gasteiger charge is -2.32. The number of hydrogen-bond acceptors (Lipinski definition) is 4. The van der Waals surface area contributed by atoms with E-state index in [2.05, 4.69) is 9.72 Å². The SMILES string of the molecule is CC1(C)OB(c2cc(OC(F)C(F)F)ncc2F)OC1(C)C. The highest BCUT2D eigenvalue weighted by Gasteiger charge is 2.52. The number of alkyl halides is 3. The number of ether oxygens (including phenoxy) is 1. The topological polar surface area (TPSA) is 40.6 Å². The molecule has 0 saturated carbocycles. The molecule has 1 aliphatic rings. The molecule has 4 nitrogen and oxygen atoms in total. The predicted octanol–water partition coefficient (Wildman–Crippen LogP) is 2.46. The number of halogens is 4. The zero-order valence-corrected chi connectivity index (χ0v) is 12.6. The third-order valence-corrected chi connectivity index (χ3v) is 3.80. The van der Waals surface area contributed by atoms with Gasteiger partial charge >= 0.3 is 13.5 Å². The molecule has 0 aliphatic carbocycles. The second-order valence-electron chi connectivity index (χ2n) is 5.94. The highest BCUT2D eigenvalue weighted by Crippen LogP contribution is 2.36. The van der Waals surface area contributed by atoms with Crippen molar-refractivity contribution in [1.29, 1.82) is 0 Å². The number of rotatable bonds is 4. The summed E-state index contributed by atoms with van der Waals surface area (Å²) >= 11 is 0. The van der Waals surface area contributed by atoms with Crippen molar-refractivity contribution < 1.29 is 31.6 Å². The highest BCUT2D eigenvalue weighted by molar-refractivity contribution is 6.62.